The minimum Gasteiger partial charge on any atom is -0.506 e. The molecule has 0 saturated carbocycles. The first-order valence-electron chi connectivity index (χ1n) is 5.61. The Morgan fingerprint density at radius 2 is 1.48 bits per heavy atom. The van der Waals surface area contributed by atoms with E-state index in [1.54, 1.807) is 12.1 Å². The molecule has 1 N–H and O–H groups in total. The summed E-state index contributed by atoms with van der Waals surface area (Å²) >= 11 is 8.52. The van der Waals surface area contributed by atoms with Gasteiger partial charge in [0.1, 0.15) is 11.5 Å². The van der Waals surface area contributed by atoms with E-state index in [4.69, 9.17) is 4.74 Å². The number of hydrogen-bond donors (Lipinski definition) is 1. The topological polar surface area (TPSA) is 46.5 Å². The maximum Gasteiger partial charge on any atom is 0.203 e. The molecule has 2 aromatic carbocycles. The number of benzene rings is 2. The molecule has 21 heavy (non-hydrogen) atoms. The molecule has 0 aliphatic heterocycles. The molecule has 0 aliphatic rings. The van der Waals surface area contributed by atoms with E-state index in [0.29, 0.717) is 5.75 Å². The van der Waals surface area contributed by atoms with Crippen LogP contribution in [0.1, 0.15) is 5.56 Å². The Balaban J connectivity index is 2.38. The third-order valence-electron chi connectivity index (χ3n) is 2.54. The maximum atomic E-state index is 10.5. The van der Waals surface area contributed by atoms with Crippen LogP contribution in [0.5, 0.6) is 17.2 Å². The van der Waals surface area contributed by atoms with Crippen LogP contribution in [0, 0.1) is 14.3 Å². The average Bonchev–Trinajstić information content (AvgIpc) is 2.40. The highest BCUT2D eigenvalue weighted by Crippen LogP contribution is 2.36. The maximum absolute atomic E-state index is 10.5. The molecule has 109 valence electrons. The van der Waals surface area contributed by atoms with Crippen LogP contribution in [-0.4, -0.2) is 11.4 Å². The first kappa shape index (κ1) is 18.0. The lowest BCUT2D eigenvalue weighted by atomic mass is 10.2. The highest BCUT2D eigenvalue weighted by Gasteiger charge is 2.13. The molecule has 0 spiro atoms. The van der Waals surface area contributed by atoms with Crippen LogP contribution in [0.3, 0.4) is 0 Å². The van der Waals surface area contributed by atoms with Crippen LogP contribution in [0.4, 0.5) is 0 Å². The average molecular weight is 731 g/mol. The highest BCUT2D eigenvalue weighted by molar-refractivity contribution is 14.1. The summed E-state index contributed by atoms with van der Waals surface area (Å²) < 4.78 is 9.31. The van der Waals surface area contributed by atoms with Gasteiger partial charge in [0.05, 0.1) is 14.3 Å². The van der Waals surface area contributed by atoms with Crippen LogP contribution < -0.4 is 4.74 Å². The van der Waals surface area contributed by atoms with Crippen molar-refractivity contribution in [1.29, 1.82) is 0 Å². The van der Waals surface area contributed by atoms with Gasteiger partial charge in [0, 0.05) is 6.42 Å². The van der Waals surface area contributed by atoms with Gasteiger partial charge in [0.25, 0.3) is 0 Å². The Labute approximate surface area is 176 Å². The number of halogens is 4. The molecule has 3 nitrogen and oxygen atoms in total. The predicted octanol–water partition coefficient (Wildman–Crippen LogP) is 5.26. The van der Waals surface area contributed by atoms with E-state index >= 15 is 0 Å². The van der Waals surface area contributed by atoms with Crippen molar-refractivity contribution in [2.75, 3.05) is 0 Å². The Morgan fingerprint density at radius 1 is 0.952 bits per heavy atom. The number of phenolic OH excluding ortho intramolecular Hbond substituents is 1. The summed E-state index contributed by atoms with van der Waals surface area (Å²) in [4.78, 5) is 10.5. The van der Waals surface area contributed by atoms with Gasteiger partial charge in [-0.25, -0.2) is 0 Å². The van der Waals surface area contributed by atoms with Crippen LogP contribution >= 0.6 is 90.4 Å². The molecular weight excluding hydrogens is 724 g/mol. The first-order chi connectivity index (χ1) is 9.92. The van der Waals surface area contributed by atoms with E-state index in [1.165, 1.54) is 0 Å². The number of phenols is 1. The summed E-state index contributed by atoms with van der Waals surface area (Å²) in [6, 6.07) is 7.41. The Kier molecular flexibility index (Phi) is 6.80. The summed E-state index contributed by atoms with van der Waals surface area (Å²) in [6.07, 6.45) is 2.18. The molecule has 0 aliphatic carbocycles. The van der Waals surface area contributed by atoms with E-state index in [1.807, 2.05) is 18.4 Å². The zero-order valence-corrected chi connectivity index (χ0v) is 18.9. The van der Waals surface area contributed by atoms with Crippen molar-refractivity contribution in [3.05, 3.63) is 44.1 Å². The Hall–Kier alpha value is 0.630. The largest absolute Gasteiger partial charge is 0.506 e. The summed E-state index contributed by atoms with van der Waals surface area (Å²) in [6.45, 7) is 0. The third-order valence-corrected chi connectivity index (χ3v) is 5.79. The van der Waals surface area contributed by atoms with Crippen molar-refractivity contribution in [3.63, 3.8) is 0 Å². The van der Waals surface area contributed by atoms with Crippen molar-refractivity contribution in [2.24, 2.45) is 0 Å². The van der Waals surface area contributed by atoms with Gasteiger partial charge < -0.3 is 9.84 Å². The molecule has 2 rings (SSSR count). The molecule has 0 amide bonds. The van der Waals surface area contributed by atoms with Gasteiger partial charge in [-0.2, -0.15) is 0 Å². The van der Waals surface area contributed by atoms with Crippen molar-refractivity contribution in [2.45, 2.75) is 6.42 Å². The zero-order chi connectivity index (χ0) is 15.6. The summed E-state index contributed by atoms with van der Waals surface area (Å²) in [5, 5.41) is 9.79. The second kappa shape index (κ2) is 7.95. The van der Waals surface area contributed by atoms with Crippen LogP contribution in [0.15, 0.2) is 24.3 Å². The molecule has 1 radical (unpaired) electrons. The number of hydrogen-bond acceptors (Lipinski definition) is 3. The lowest BCUT2D eigenvalue weighted by Gasteiger charge is -2.12. The monoisotopic (exact) mass is 731 g/mol. The van der Waals surface area contributed by atoms with Crippen LogP contribution in [-0.2, 0) is 11.2 Å². The quantitative estimate of drug-likeness (QED) is 0.438. The SMILES string of the molecule is O=[C]Cc1cc(I)c(Oc2cc(I)c(O)c(I)c2)c(I)c1. The van der Waals surface area contributed by atoms with Gasteiger partial charge in [-0.1, -0.05) is 0 Å². The van der Waals surface area contributed by atoms with E-state index in [9.17, 15) is 9.90 Å². The van der Waals surface area contributed by atoms with Crippen molar-refractivity contribution in [1.82, 2.24) is 0 Å². The molecule has 0 fully saturated rings. The summed E-state index contributed by atoms with van der Waals surface area (Å²) in [5.41, 5.74) is 0.918. The van der Waals surface area contributed by atoms with E-state index in [0.717, 1.165) is 25.6 Å². The van der Waals surface area contributed by atoms with Crippen molar-refractivity contribution in [3.8, 4) is 17.2 Å². The number of aromatic hydroxyl groups is 1. The number of ether oxygens (including phenoxy) is 1. The fourth-order valence-corrected chi connectivity index (χ4v) is 5.44. The van der Waals surface area contributed by atoms with E-state index in [2.05, 4.69) is 90.4 Å². The number of carbonyl (C=O) groups excluding carboxylic acids is 1. The third kappa shape index (κ3) is 4.56. The molecule has 0 saturated heterocycles. The van der Waals surface area contributed by atoms with E-state index < -0.39 is 0 Å². The zero-order valence-electron chi connectivity index (χ0n) is 10.3. The second-order valence-electron chi connectivity index (χ2n) is 4.05. The molecule has 0 atom stereocenters. The van der Waals surface area contributed by atoms with Gasteiger partial charge in [-0.05, 0) is 120 Å². The minimum absolute atomic E-state index is 0.268. The Morgan fingerprint density at radius 3 is 1.95 bits per heavy atom. The smallest absolute Gasteiger partial charge is 0.203 e. The fourth-order valence-electron chi connectivity index (χ4n) is 1.61. The van der Waals surface area contributed by atoms with Gasteiger partial charge in [0.2, 0.25) is 6.29 Å². The lowest BCUT2D eigenvalue weighted by Crippen LogP contribution is -1.96. The first-order valence-corrected chi connectivity index (χ1v) is 9.92. The molecule has 2 aromatic rings. The highest BCUT2D eigenvalue weighted by atomic mass is 127. The van der Waals surface area contributed by atoms with Gasteiger partial charge in [0.15, 0.2) is 5.75 Å². The number of rotatable bonds is 4. The molecule has 0 bridgehead atoms. The summed E-state index contributed by atoms with van der Waals surface area (Å²) in [7, 11) is 0. The second-order valence-corrected chi connectivity index (χ2v) is 8.70. The standard InChI is InChI=1S/C14H7I4O3/c15-9-5-8(6-10(16)13(9)20)21-14-11(17)3-7(1-2-19)4-12(14)18/h3-6,20H,1H2. The summed E-state index contributed by atoms with van der Waals surface area (Å²) in [5.74, 6) is 1.69. The van der Waals surface area contributed by atoms with Gasteiger partial charge in [-0.15, -0.1) is 0 Å². The van der Waals surface area contributed by atoms with Gasteiger partial charge >= 0.3 is 0 Å². The normalized spacial score (nSPS) is 10.5. The van der Waals surface area contributed by atoms with Crippen LogP contribution in [0.2, 0.25) is 0 Å². The van der Waals surface area contributed by atoms with E-state index in [-0.39, 0.29) is 12.2 Å². The van der Waals surface area contributed by atoms with Crippen LogP contribution in [0.25, 0.3) is 0 Å². The molecule has 0 aromatic heterocycles. The predicted molar refractivity (Wildman–Crippen MR) is 115 cm³/mol. The minimum atomic E-state index is 0.268. The molecule has 0 heterocycles. The molecular formula is C14H7I4O3. The van der Waals surface area contributed by atoms with Gasteiger partial charge in [-0.3, -0.25) is 4.79 Å². The molecule has 0 unspecified atom stereocenters. The Bertz CT molecular complexity index is 655. The van der Waals surface area contributed by atoms with Crippen molar-refractivity contribution >= 4 is 96.6 Å². The molecule has 7 heteroatoms. The lowest BCUT2D eigenvalue weighted by molar-refractivity contribution is 0.455. The fraction of sp³-hybridized carbons (Fsp3) is 0.0714. The van der Waals surface area contributed by atoms with Crippen molar-refractivity contribution < 1.29 is 14.6 Å².